The van der Waals surface area contributed by atoms with Crippen LogP contribution in [0.5, 0.6) is 0 Å². The first kappa shape index (κ1) is 18.0. The second kappa shape index (κ2) is 10.7. The van der Waals surface area contributed by atoms with Gasteiger partial charge in [-0.1, -0.05) is 13.0 Å². The Morgan fingerprint density at radius 3 is 2.67 bits per heavy atom. The second-order valence-electron chi connectivity index (χ2n) is 5.21. The molecule has 5 nitrogen and oxygen atoms in total. The molecule has 0 radical (unpaired) electrons. The van der Waals surface area contributed by atoms with Crippen molar-refractivity contribution in [1.29, 1.82) is 0 Å². The summed E-state index contributed by atoms with van der Waals surface area (Å²) in [4.78, 5) is 6.89. The number of hydrogen-bond acceptors (Lipinski definition) is 5. The summed E-state index contributed by atoms with van der Waals surface area (Å²) in [6.07, 6.45) is 1.95. The lowest BCUT2D eigenvalue weighted by Crippen LogP contribution is -2.38. The molecule has 0 amide bonds. The molecule has 0 bridgehead atoms. The van der Waals surface area contributed by atoms with Crippen LogP contribution < -0.4 is 5.32 Å². The molecule has 1 rings (SSSR count). The van der Waals surface area contributed by atoms with Crippen LogP contribution >= 0.6 is 0 Å². The first-order valence-corrected chi connectivity index (χ1v) is 7.57. The van der Waals surface area contributed by atoms with Crippen LogP contribution in [0.1, 0.15) is 25.1 Å². The van der Waals surface area contributed by atoms with Crippen LogP contribution in [0.2, 0.25) is 0 Å². The highest BCUT2D eigenvalue weighted by Gasteiger charge is 2.14. The predicted octanol–water partition coefficient (Wildman–Crippen LogP) is 1.67. The van der Waals surface area contributed by atoms with Gasteiger partial charge < -0.3 is 14.8 Å². The summed E-state index contributed by atoms with van der Waals surface area (Å²) >= 11 is 0. The minimum atomic E-state index is 0.341. The van der Waals surface area contributed by atoms with Crippen LogP contribution in [-0.4, -0.2) is 56.4 Å². The molecule has 1 unspecified atom stereocenters. The number of pyridine rings is 1. The van der Waals surface area contributed by atoms with E-state index < -0.39 is 0 Å². The molecule has 0 spiro atoms. The van der Waals surface area contributed by atoms with E-state index in [0.29, 0.717) is 19.3 Å². The van der Waals surface area contributed by atoms with Gasteiger partial charge in [-0.05, 0) is 25.1 Å². The van der Waals surface area contributed by atoms with Gasteiger partial charge in [0.1, 0.15) is 0 Å². The molecule has 0 aliphatic rings. The average molecular weight is 295 g/mol. The Bertz CT molecular complexity index is 370. The van der Waals surface area contributed by atoms with Gasteiger partial charge in [-0.3, -0.25) is 9.88 Å². The normalized spacial score (nSPS) is 12.8. The van der Waals surface area contributed by atoms with Crippen molar-refractivity contribution in [2.75, 3.05) is 40.5 Å². The van der Waals surface area contributed by atoms with E-state index in [4.69, 9.17) is 9.47 Å². The highest BCUT2D eigenvalue weighted by molar-refractivity contribution is 5.14. The van der Waals surface area contributed by atoms with E-state index in [0.717, 1.165) is 31.9 Å². The minimum absolute atomic E-state index is 0.341. The van der Waals surface area contributed by atoms with Gasteiger partial charge in [-0.15, -0.1) is 0 Å². The first-order valence-electron chi connectivity index (χ1n) is 7.57. The van der Waals surface area contributed by atoms with Crippen molar-refractivity contribution in [2.45, 2.75) is 33.0 Å². The minimum Gasteiger partial charge on any atom is -0.383 e. The molecule has 0 aromatic carbocycles. The fourth-order valence-corrected chi connectivity index (χ4v) is 2.14. The zero-order valence-electron chi connectivity index (χ0n) is 13.8. The van der Waals surface area contributed by atoms with Gasteiger partial charge in [0.15, 0.2) is 0 Å². The second-order valence-corrected chi connectivity index (χ2v) is 5.21. The molecule has 0 aliphatic carbocycles. The quantitative estimate of drug-likeness (QED) is 0.673. The summed E-state index contributed by atoms with van der Waals surface area (Å²) in [6.45, 7) is 9.23. The number of nitrogens with zero attached hydrogens (tertiary/aromatic N) is 2. The van der Waals surface area contributed by atoms with Crippen LogP contribution in [0.3, 0.4) is 0 Å². The number of rotatable bonds is 11. The molecule has 1 aromatic rings. The lowest BCUT2D eigenvalue weighted by molar-refractivity contribution is 0.0697. The predicted molar refractivity (Wildman–Crippen MR) is 85.2 cm³/mol. The van der Waals surface area contributed by atoms with E-state index in [1.165, 1.54) is 5.56 Å². The molecule has 0 aliphatic heterocycles. The van der Waals surface area contributed by atoms with Crippen LogP contribution in [0.15, 0.2) is 18.3 Å². The Balaban J connectivity index is 2.59. The number of hydrogen-bond donors (Lipinski definition) is 1. The molecule has 1 N–H and O–H groups in total. The third kappa shape index (κ3) is 7.00. The van der Waals surface area contributed by atoms with Crippen molar-refractivity contribution in [1.82, 2.24) is 15.2 Å². The van der Waals surface area contributed by atoms with Gasteiger partial charge in [0.05, 0.1) is 18.9 Å². The maximum Gasteiger partial charge on any atom is 0.0615 e. The van der Waals surface area contributed by atoms with Crippen molar-refractivity contribution in [3.05, 3.63) is 29.6 Å². The van der Waals surface area contributed by atoms with E-state index in [1.807, 2.05) is 6.20 Å². The molecule has 1 heterocycles. The molecule has 0 fully saturated rings. The molecule has 0 saturated heterocycles. The van der Waals surface area contributed by atoms with Gasteiger partial charge in [-0.2, -0.15) is 0 Å². The van der Waals surface area contributed by atoms with Crippen LogP contribution in [0, 0.1) is 0 Å². The van der Waals surface area contributed by atoms with Crippen molar-refractivity contribution in [2.24, 2.45) is 0 Å². The topological polar surface area (TPSA) is 46.6 Å². The van der Waals surface area contributed by atoms with E-state index in [1.54, 1.807) is 14.2 Å². The molecular weight excluding hydrogens is 266 g/mol. The van der Waals surface area contributed by atoms with E-state index >= 15 is 0 Å². The highest BCUT2D eigenvalue weighted by Crippen LogP contribution is 2.08. The van der Waals surface area contributed by atoms with Gasteiger partial charge >= 0.3 is 0 Å². The zero-order chi connectivity index (χ0) is 15.5. The highest BCUT2D eigenvalue weighted by atomic mass is 16.5. The average Bonchev–Trinajstić information content (AvgIpc) is 2.50. The van der Waals surface area contributed by atoms with E-state index in [-0.39, 0.29) is 0 Å². The van der Waals surface area contributed by atoms with Crippen molar-refractivity contribution >= 4 is 0 Å². The smallest absolute Gasteiger partial charge is 0.0615 e. The standard InChI is InChI=1S/C16H29N3O2/c1-5-17-10-15-6-7-16(18-11-15)12-19(8-9-20-3)14(2)13-21-4/h6-7,11,14,17H,5,8-10,12-13H2,1-4H3. The monoisotopic (exact) mass is 295 g/mol. The molecule has 0 saturated carbocycles. The molecule has 1 aromatic heterocycles. The largest absolute Gasteiger partial charge is 0.383 e. The summed E-state index contributed by atoms with van der Waals surface area (Å²) in [5.74, 6) is 0. The van der Waals surface area contributed by atoms with Crippen LogP contribution in [0.25, 0.3) is 0 Å². The molecule has 1 atom stereocenters. The maximum absolute atomic E-state index is 5.25. The van der Waals surface area contributed by atoms with Gasteiger partial charge in [0.25, 0.3) is 0 Å². The Morgan fingerprint density at radius 2 is 2.10 bits per heavy atom. The third-order valence-electron chi connectivity index (χ3n) is 3.44. The molecule has 21 heavy (non-hydrogen) atoms. The molecule has 5 heteroatoms. The van der Waals surface area contributed by atoms with Crippen molar-refractivity contribution < 1.29 is 9.47 Å². The molecular formula is C16H29N3O2. The third-order valence-corrected chi connectivity index (χ3v) is 3.44. The SMILES string of the molecule is CCNCc1ccc(CN(CCOC)C(C)COC)nc1. The van der Waals surface area contributed by atoms with Crippen LogP contribution in [-0.2, 0) is 22.6 Å². The Hall–Kier alpha value is -1.01. The fraction of sp³-hybridized carbons (Fsp3) is 0.688. The summed E-state index contributed by atoms with van der Waals surface area (Å²) in [5.41, 5.74) is 2.29. The first-order chi connectivity index (χ1) is 10.2. The van der Waals surface area contributed by atoms with Crippen molar-refractivity contribution in [3.8, 4) is 0 Å². The van der Waals surface area contributed by atoms with Crippen molar-refractivity contribution in [3.63, 3.8) is 0 Å². The Kier molecular flexibility index (Phi) is 9.17. The Labute approximate surface area is 128 Å². The zero-order valence-corrected chi connectivity index (χ0v) is 13.8. The summed E-state index contributed by atoms with van der Waals surface area (Å²) in [7, 11) is 3.46. The number of ether oxygens (including phenoxy) is 2. The van der Waals surface area contributed by atoms with Crippen LogP contribution in [0.4, 0.5) is 0 Å². The number of aromatic nitrogens is 1. The van der Waals surface area contributed by atoms with Gasteiger partial charge in [0, 0.05) is 46.1 Å². The lowest BCUT2D eigenvalue weighted by Gasteiger charge is -2.28. The van der Waals surface area contributed by atoms with Gasteiger partial charge in [0.2, 0.25) is 0 Å². The van der Waals surface area contributed by atoms with E-state index in [2.05, 4.69) is 41.2 Å². The molecule has 120 valence electrons. The number of methoxy groups -OCH3 is 2. The number of nitrogens with one attached hydrogen (secondary N) is 1. The maximum atomic E-state index is 5.25. The fourth-order valence-electron chi connectivity index (χ4n) is 2.14. The van der Waals surface area contributed by atoms with Gasteiger partial charge in [-0.25, -0.2) is 0 Å². The lowest BCUT2D eigenvalue weighted by atomic mass is 10.2. The van der Waals surface area contributed by atoms with E-state index in [9.17, 15) is 0 Å². The summed E-state index contributed by atoms with van der Waals surface area (Å²) < 4.78 is 10.4. The summed E-state index contributed by atoms with van der Waals surface area (Å²) in [6, 6.07) is 4.58. The Morgan fingerprint density at radius 1 is 1.29 bits per heavy atom. The summed E-state index contributed by atoms with van der Waals surface area (Å²) in [5, 5.41) is 3.30.